The van der Waals surface area contributed by atoms with Gasteiger partial charge in [-0.2, -0.15) is 0 Å². The molecule has 0 bridgehead atoms. The molecule has 0 spiro atoms. The van der Waals surface area contributed by atoms with Gasteiger partial charge in [0.05, 0.1) is 75.5 Å². The summed E-state index contributed by atoms with van der Waals surface area (Å²) in [6.45, 7) is 9.13. The number of aliphatic carboxylic acids is 1. The van der Waals surface area contributed by atoms with Crippen molar-refractivity contribution in [1.29, 1.82) is 0 Å². The standard InChI is InChI=1S/C88H142N10O36/c1-56(102)95-79-65(47-99)82(129-62(7)108)68(50-126-59(4)105)132-85(79)123-41-21-18-27-71(111)89-35-24-38-92-74(114)32-44-120-53-88(98-77(117)30-16-14-12-10-11-13-15-17-31-78(118)119,54-121-45-33-75(115)93-39-25-36-90-72(112)28-19-22-42-124-86-80(96-57(2)103)66(48-100)83(130-63(8)109)69(133-86)51-127-60(5)106)55-122-46-34-76(116)94-40-26-37-91-73(113)29-20-23-43-125-87-81(97-58(3)104)67(49-101)84(131-64(9)110)70(134-87)52-128-61(6)107/h47-49,65-70,79-87H,10-46,50-55H2,1-9H3,(H,89,111)(H,90,112)(H,91,113)(H,92,114)(H,93,115)(H,94,116)(H,95,102)(H,96,103)(H,97,104)(H,98,117)(H,118,119)/t65?,66?,67?,68?,69?,70?,79?,80?,81?,82-,83-,84-,85+,86+,87+,88?/m0/s1. The first-order valence-corrected chi connectivity index (χ1v) is 45.8. The van der Waals surface area contributed by atoms with Gasteiger partial charge in [0.2, 0.25) is 59.1 Å². The monoisotopic (exact) mass is 1910 g/mol. The van der Waals surface area contributed by atoms with Gasteiger partial charge in [-0.1, -0.05) is 38.5 Å². The number of ether oxygens (including phenoxy) is 15. The predicted molar refractivity (Wildman–Crippen MR) is 466 cm³/mol. The van der Waals surface area contributed by atoms with E-state index in [1.165, 1.54) is 20.8 Å². The lowest BCUT2D eigenvalue weighted by molar-refractivity contribution is -0.260. The molecule has 3 saturated heterocycles. The van der Waals surface area contributed by atoms with E-state index in [1.807, 2.05) is 0 Å². The van der Waals surface area contributed by atoms with Gasteiger partial charge >= 0.3 is 41.8 Å². The van der Waals surface area contributed by atoms with E-state index < -0.39 is 180 Å². The Morgan fingerprint density at radius 1 is 0.299 bits per heavy atom. The highest BCUT2D eigenvalue weighted by Crippen LogP contribution is 2.33. The van der Waals surface area contributed by atoms with Crippen molar-refractivity contribution in [3.8, 4) is 0 Å². The molecule has 46 nitrogen and oxygen atoms in total. The van der Waals surface area contributed by atoms with E-state index in [-0.39, 0.29) is 188 Å². The molecule has 0 aromatic heterocycles. The lowest BCUT2D eigenvalue weighted by Crippen LogP contribution is -2.63. The van der Waals surface area contributed by atoms with Crippen LogP contribution in [-0.2, 0) is 167 Å². The van der Waals surface area contributed by atoms with E-state index in [2.05, 4.69) is 53.2 Å². The number of carbonyl (C=O) groups is 20. The van der Waals surface area contributed by atoms with Gasteiger partial charge in [0, 0.05) is 173 Å². The summed E-state index contributed by atoms with van der Waals surface area (Å²) in [5.41, 5.74) is -1.47. The summed E-state index contributed by atoms with van der Waals surface area (Å²) >= 11 is 0. The van der Waals surface area contributed by atoms with Crippen LogP contribution in [0.15, 0.2) is 0 Å². The molecule has 0 aromatic rings. The average molecular weight is 1920 g/mol. The Morgan fingerprint density at radius 2 is 0.545 bits per heavy atom. The molecule has 3 heterocycles. The van der Waals surface area contributed by atoms with Crippen molar-refractivity contribution in [3.05, 3.63) is 0 Å². The smallest absolute Gasteiger partial charge is 0.303 e. The lowest BCUT2D eigenvalue weighted by atomic mass is 9.88. The van der Waals surface area contributed by atoms with E-state index in [9.17, 15) is 95.9 Å². The maximum atomic E-state index is 14.0. The van der Waals surface area contributed by atoms with Crippen LogP contribution in [0, 0.1) is 17.8 Å². The van der Waals surface area contributed by atoms with Crippen LogP contribution in [0.3, 0.4) is 0 Å². The Balaban J connectivity index is 1.64. The van der Waals surface area contributed by atoms with Crippen molar-refractivity contribution >= 4 is 120 Å². The molecule has 760 valence electrons. The second-order valence-electron chi connectivity index (χ2n) is 32.7. The zero-order chi connectivity index (χ0) is 99.2. The van der Waals surface area contributed by atoms with Crippen LogP contribution in [0.2, 0.25) is 0 Å². The third-order valence-corrected chi connectivity index (χ3v) is 20.9. The van der Waals surface area contributed by atoms with Crippen LogP contribution in [0.25, 0.3) is 0 Å². The number of carboxylic acids is 1. The quantitative estimate of drug-likeness (QED) is 0.0166. The van der Waals surface area contributed by atoms with Gasteiger partial charge in [0.1, 0.15) is 80.8 Å². The number of aldehydes is 3. The summed E-state index contributed by atoms with van der Waals surface area (Å²) in [6, 6.07) is -3.26. The van der Waals surface area contributed by atoms with Crippen LogP contribution in [0.5, 0.6) is 0 Å². The molecule has 46 heteroatoms. The van der Waals surface area contributed by atoms with Gasteiger partial charge in [-0.25, -0.2) is 0 Å². The molecule has 3 aliphatic rings. The minimum atomic E-state index is -1.47. The summed E-state index contributed by atoms with van der Waals surface area (Å²) in [6.07, 6.45) is -0.144. The van der Waals surface area contributed by atoms with Crippen LogP contribution in [0.4, 0.5) is 0 Å². The zero-order valence-corrected chi connectivity index (χ0v) is 78.5. The summed E-state index contributed by atoms with van der Waals surface area (Å²) in [5.74, 6) is -12.6. The second-order valence-corrected chi connectivity index (χ2v) is 32.7. The summed E-state index contributed by atoms with van der Waals surface area (Å²) in [4.78, 5) is 248. The van der Waals surface area contributed by atoms with Crippen LogP contribution < -0.4 is 53.2 Å². The predicted octanol–water partition coefficient (Wildman–Crippen LogP) is 0.0938. The molecular weight excluding hydrogens is 1770 g/mol. The van der Waals surface area contributed by atoms with Crippen LogP contribution in [-0.4, -0.2) is 323 Å². The topological polar surface area (TPSA) is 620 Å². The van der Waals surface area contributed by atoms with Crippen molar-refractivity contribution in [2.45, 2.75) is 302 Å². The zero-order valence-electron chi connectivity index (χ0n) is 78.5. The highest BCUT2D eigenvalue weighted by atomic mass is 16.7. The number of carbonyl (C=O) groups excluding carboxylic acids is 19. The van der Waals surface area contributed by atoms with Gasteiger partial charge < -0.3 is 144 Å². The number of nitrogens with one attached hydrogen (secondary N) is 10. The first kappa shape index (κ1) is 118. The Labute approximate surface area is 780 Å². The third kappa shape index (κ3) is 51.9. The molecule has 3 aliphatic heterocycles. The molecule has 0 aliphatic carbocycles. The molecule has 0 saturated carbocycles. The molecule has 134 heavy (non-hydrogen) atoms. The molecule has 0 radical (unpaired) electrons. The van der Waals surface area contributed by atoms with Gasteiger partial charge in [0.15, 0.2) is 18.9 Å². The highest BCUT2D eigenvalue weighted by Gasteiger charge is 2.52. The maximum absolute atomic E-state index is 14.0. The molecule has 3 fully saturated rings. The normalized spacial score (nSPS) is 21.7. The Bertz CT molecular complexity index is 3370. The molecular formula is C88H142N10O36. The van der Waals surface area contributed by atoms with Gasteiger partial charge in [-0.3, -0.25) is 81.5 Å². The molecule has 9 unspecified atom stereocenters. The SMILES string of the molecule is CC(=O)NC1C(C=O)[C@H](OC(C)=O)C(COC(C)=O)O[C@H]1OCCCCC(=O)NCCCNC(=O)CCOCC(COCCC(=O)NCCCNC(=O)CCCCO[C@@H]1OC(COC(C)=O)[C@@H](OC(C)=O)C(C=O)C1NC(C)=O)(COCCC(=O)NCCCNC(=O)CCCCO[C@@H]1OC(COC(C)=O)[C@@H](OC(C)=O)C(C=O)C1NC(C)=O)NC(=O)CCCCCCCCCCC(=O)O. The largest absolute Gasteiger partial charge is 0.481 e. The number of carboxylic acid groups (broad SMARTS) is 1. The maximum Gasteiger partial charge on any atom is 0.303 e. The Hall–Kier alpha value is -10.4. The number of esters is 6. The van der Waals surface area contributed by atoms with Gasteiger partial charge in [0.25, 0.3) is 0 Å². The molecule has 15 atom stereocenters. The van der Waals surface area contributed by atoms with E-state index in [0.717, 1.165) is 73.6 Å². The first-order chi connectivity index (χ1) is 64.0. The van der Waals surface area contributed by atoms with Crippen molar-refractivity contribution < 1.29 is 172 Å². The molecule has 0 aromatic carbocycles. The number of amides is 10. The Morgan fingerprint density at radius 3 is 0.791 bits per heavy atom. The number of rotatable bonds is 72. The van der Waals surface area contributed by atoms with Crippen molar-refractivity contribution in [1.82, 2.24) is 53.2 Å². The van der Waals surface area contributed by atoms with Gasteiger partial charge in [-0.15, -0.1) is 0 Å². The fourth-order valence-corrected chi connectivity index (χ4v) is 14.5. The van der Waals surface area contributed by atoms with E-state index in [1.54, 1.807) is 0 Å². The lowest BCUT2D eigenvalue weighted by Gasteiger charge is -2.43. The molecule has 10 amide bonds. The van der Waals surface area contributed by atoms with Crippen LogP contribution >= 0.6 is 0 Å². The van der Waals surface area contributed by atoms with E-state index in [0.29, 0.717) is 95.9 Å². The summed E-state index contributed by atoms with van der Waals surface area (Å²) < 4.78 is 85.4. The van der Waals surface area contributed by atoms with E-state index >= 15 is 0 Å². The van der Waals surface area contributed by atoms with E-state index in [4.69, 9.17) is 76.2 Å². The van der Waals surface area contributed by atoms with Crippen LogP contribution in [0.1, 0.15) is 223 Å². The van der Waals surface area contributed by atoms with Crippen molar-refractivity contribution in [2.75, 3.05) is 119 Å². The fraction of sp³-hybridized carbons (Fsp3) is 0.773. The van der Waals surface area contributed by atoms with Crippen molar-refractivity contribution in [3.63, 3.8) is 0 Å². The number of hydrogen-bond donors (Lipinski definition) is 11. The number of hydrogen-bond acceptors (Lipinski definition) is 35. The average Bonchev–Trinajstić information content (AvgIpc) is 0.798. The molecule has 11 N–H and O–H groups in total. The van der Waals surface area contributed by atoms with Gasteiger partial charge in [-0.05, 0) is 70.6 Å². The summed E-state index contributed by atoms with van der Waals surface area (Å²) in [5, 5.41) is 36.6. The molecule has 3 rings (SSSR count). The van der Waals surface area contributed by atoms with Crippen molar-refractivity contribution in [2.24, 2.45) is 17.8 Å². The fourth-order valence-electron chi connectivity index (χ4n) is 14.5. The second kappa shape index (κ2) is 68.6. The summed E-state index contributed by atoms with van der Waals surface area (Å²) in [7, 11) is 0. The Kier molecular flexibility index (Phi) is 60.3. The number of unbranched alkanes of at least 4 members (excludes halogenated alkanes) is 10. The first-order valence-electron chi connectivity index (χ1n) is 45.8. The minimum absolute atomic E-state index is 0.0122. The minimum Gasteiger partial charge on any atom is -0.481 e. The third-order valence-electron chi connectivity index (χ3n) is 20.9. The highest BCUT2D eigenvalue weighted by molar-refractivity contribution is 5.80.